The molecule has 1 aliphatic rings. The van der Waals surface area contributed by atoms with Crippen LogP contribution in [0, 0.1) is 5.92 Å². The third-order valence-electron chi connectivity index (χ3n) is 4.95. The van der Waals surface area contributed by atoms with Crippen molar-refractivity contribution in [3.63, 3.8) is 0 Å². The van der Waals surface area contributed by atoms with Gasteiger partial charge in [0.15, 0.2) is 5.69 Å². The summed E-state index contributed by atoms with van der Waals surface area (Å²) in [5.41, 5.74) is 1.22. The lowest BCUT2D eigenvalue weighted by Gasteiger charge is -2.36. The molecule has 1 amide bonds. The minimum Gasteiger partial charge on any atom is -0.497 e. The number of nitrogens with zero attached hydrogens (tertiary/aromatic N) is 3. The van der Waals surface area contributed by atoms with Crippen molar-refractivity contribution < 1.29 is 14.3 Å². The van der Waals surface area contributed by atoms with Crippen LogP contribution in [0.2, 0.25) is 0 Å². The Bertz CT molecular complexity index is 917. The molecule has 1 aromatic carbocycles. The van der Waals surface area contributed by atoms with Gasteiger partial charge in [0.05, 0.1) is 14.2 Å². The smallest absolute Gasteiger partial charge is 0.276 e. The third kappa shape index (κ3) is 4.70. The number of amides is 1. The first-order chi connectivity index (χ1) is 13.9. The summed E-state index contributed by atoms with van der Waals surface area (Å²) in [5, 5.41) is 0. The Morgan fingerprint density at radius 1 is 1.17 bits per heavy atom. The van der Waals surface area contributed by atoms with Gasteiger partial charge in [0.25, 0.3) is 11.5 Å². The normalized spacial score (nSPS) is 14.2. The number of anilines is 1. The van der Waals surface area contributed by atoms with Gasteiger partial charge in [0, 0.05) is 37.9 Å². The fraction of sp³-hybridized carbons (Fsp3) is 0.476. The fourth-order valence-corrected chi connectivity index (χ4v) is 3.42. The van der Waals surface area contributed by atoms with Crippen LogP contribution in [0.15, 0.2) is 29.1 Å². The molecular weight excluding hydrogens is 372 g/mol. The summed E-state index contributed by atoms with van der Waals surface area (Å²) in [4.78, 5) is 36.3. The highest BCUT2D eigenvalue weighted by Crippen LogP contribution is 2.23. The van der Waals surface area contributed by atoms with E-state index in [1.807, 2.05) is 38.1 Å². The number of carbonyl (C=O) groups is 1. The number of hydrogen-bond acceptors (Lipinski definition) is 6. The summed E-state index contributed by atoms with van der Waals surface area (Å²) >= 11 is 0. The van der Waals surface area contributed by atoms with Crippen LogP contribution in [0.3, 0.4) is 0 Å². The number of benzene rings is 1. The molecule has 0 radical (unpaired) electrons. The van der Waals surface area contributed by atoms with E-state index >= 15 is 0 Å². The van der Waals surface area contributed by atoms with E-state index in [4.69, 9.17) is 9.47 Å². The average Bonchev–Trinajstić information content (AvgIpc) is 2.74. The molecule has 156 valence electrons. The van der Waals surface area contributed by atoms with Gasteiger partial charge in [-0.1, -0.05) is 19.9 Å². The van der Waals surface area contributed by atoms with Gasteiger partial charge >= 0.3 is 0 Å². The molecule has 0 saturated carbocycles. The first-order valence-electron chi connectivity index (χ1n) is 9.78. The summed E-state index contributed by atoms with van der Waals surface area (Å²) in [5.74, 6) is 0.976. The molecule has 2 heterocycles. The quantitative estimate of drug-likeness (QED) is 0.797. The maximum absolute atomic E-state index is 13.0. The molecule has 29 heavy (non-hydrogen) atoms. The van der Waals surface area contributed by atoms with Crippen LogP contribution in [-0.4, -0.2) is 61.2 Å². The van der Waals surface area contributed by atoms with E-state index in [-0.39, 0.29) is 29.0 Å². The molecule has 1 aliphatic heterocycles. The SMILES string of the molecule is COc1cccc(N2CCN(C(=O)c3[nH]c(=O)c(CC(C)C)nc3OC)CC2)c1. The molecule has 0 bridgehead atoms. The van der Waals surface area contributed by atoms with Crippen LogP contribution in [0.4, 0.5) is 5.69 Å². The van der Waals surface area contributed by atoms with Crippen LogP contribution >= 0.6 is 0 Å². The van der Waals surface area contributed by atoms with Crippen molar-refractivity contribution in [2.24, 2.45) is 5.92 Å². The lowest BCUT2D eigenvalue weighted by molar-refractivity contribution is 0.0735. The van der Waals surface area contributed by atoms with Gasteiger partial charge in [-0.15, -0.1) is 0 Å². The number of aromatic nitrogens is 2. The first kappa shape index (κ1) is 20.7. The zero-order valence-electron chi connectivity index (χ0n) is 17.4. The Kier molecular flexibility index (Phi) is 6.41. The highest BCUT2D eigenvalue weighted by atomic mass is 16.5. The Morgan fingerprint density at radius 2 is 1.90 bits per heavy atom. The van der Waals surface area contributed by atoms with Crippen molar-refractivity contribution in [2.75, 3.05) is 45.3 Å². The fourth-order valence-electron chi connectivity index (χ4n) is 3.42. The second kappa shape index (κ2) is 8.98. The van der Waals surface area contributed by atoms with Crippen molar-refractivity contribution in [3.8, 4) is 11.6 Å². The van der Waals surface area contributed by atoms with Crippen molar-refractivity contribution >= 4 is 11.6 Å². The van der Waals surface area contributed by atoms with Gasteiger partial charge in [-0.2, -0.15) is 0 Å². The van der Waals surface area contributed by atoms with E-state index in [0.29, 0.717) is 38.3 Å². The van der Waals surface area contributed by atoms with E-state index in [1.54, 1.807) is 12.0 Å². The van der Waals surface area contributed by atoms with Gasteiger partial charge < -0.3 is 24.3 Å². The lowest BCUT2D eigenvalue weighted by atomic mass is 10.1. The predicted molar refractivity (Wildman–Crippen MR) is 111 cm³/mol. The van der Waals surface area contributed by atoms with E-state index in [0.717, 1.165) is 11.4 Å². The highest BCUT2D eigenvalue weighted by molar-refractivity contribution is 5.94. The molecule has 2 aromatic rings. The first-order valence-corrected chi connectivity index (χ1v) is 9.78. The number of aromatic amines is 1. The Balaban J connectivity index is 1.73. The number of carbonyl (C=O) groups excluding carboxylic acids is 1. The van der Waals surface area contributed by atoms with Gasteiger partial charge in [0.1, 0.15) is 11.4 Å². The predicted octanol–water partition coefficient (Wildman–Crippen LogP) is 1.95. The summed E-state index contributed by atoms with van der Waals surface area (Å²) in [6.45, 7) is 6.46. The summed E-state index contributed by atoms with van der Waals surface area (Å²) in [6.07, 6.45) is 0.527. The molecular formula is C21H28N4O4. The van der Waals surface area contributed by atoms with Crippen LogP contribution in [-0.2, 0) is 6.42 Å². The standard InChI is InChI=1S/C21H28N4O4/c1-14(2)12-17-19(26)23-18(20(22-17)29-4)21(27)25-10-8-24(9-11-25)15-6-5-7-16(13-15)28-3/h5-7,13-14H,8-12H2,1-4H3,(H,23,26). The zero-order chi connectivity index (χ0) is 21.0. The van der Waals surface area contributed by atoms with Crippen LogP contribution in [0.1, 0.15) is 30.0 Å². The lowest BCUT2D eigenvalue weighted by Crippen LogP contribution is -2.49. The van der Waals surface area contributed by atoms with Gasteiger partial charge in [-0.3, -0.25) is 9.59 Å². The number of rotatable bonds is 6. The van der Waals surface area contributed by atoms with Crippen LogP contribution < -0.4 is 19.9 Å². The molecule has 0 atom stereocenters. The molecule has 0 spiro atoms. The monoisotopic (exact) mass is 400 g/mol. The third-order valence-corrected chi connectivity index (χ3v) is 4.95. The molecule has 0 unspecified atom stereocenters. The van der Waals surface area contributed by atoms with E-state index < -0.39 is 0 Å². The molecule has 0 aliphatic carbocycles. The van der Waals surface area contributed by atoms with Crippen molar-refractivity contribution in [1.82, 2.24) is 14.9 Å². The molecule has 1 saturated heterocycles. The summed E-state index contributed by atoms with van der Waals surface area (Å²) in [6, 6.07) is 7.86. The van der Waals surface area contributed by atoms with Crippen LogP contribution in [0.25, 0.3) is 0 Å². The van der Waals surface area contributed by atoms with Gasteiger partial charge in [0.2, 0.25) is 5.88 Å². The van der Waals surface area contributed by atoms with Gasteiger partial charge in [-0.05, 0) is 24.5 Å². The van der Waals surface area contributed by atoms with Crippen molar-refractivity contribution in [3.05, 3.63) is 46.0 Å². The van der Waals surface area contributed by atoms with Crippen LogP contribution in [0.5, 0.6) is 11.6 Å². The Labute approximate surface area is 170 Å². The minimum atomic E-state index is -0.335. The van der Waals surface area contributed by atoms with E-state index in [9.17, 15) is 9.59 Å². The zero-order valence-corrected chi connectivity index (χ0v) is 17.4. The van der Waals surface area contributed by atoms with Crippen molar-refractivity contribution in [1.29, 1.82) is 0 Å². The largest absolute Gasteiger partial charge is 0.497 e. The molecule has 1 fully saturated rings. The summed E-state index contributed by atoms with van der Waals surface area (Å²) in [7, 11) is 3.10. The topological polar surface area (TPSA) is 87.8 Å². The number of nitrogens with one attached hydrogen (secondary N) is 1. The van der Waals surface area contributed by atoms with Gasteiger partial charge in [-0.25, -0.2) is 4.98 Å². The van der Waals surface area contributed by atoms with E-state index in [1.165, 1.54) is 7.11 Å². The number of ether oxygens (including phenoxy) is 2. The number of hydrogen-bond donors (Lipinski definition) is 1. The molecule has 8 heteroatoms. The molecule has 3 rings (SSSR count). The number of H-pyrrole nitrogens is 1. The maximum Gasteiger partial charge on any atom is 0.276 e. The average molecular weight is 400 g/mol. The molecule has 8 nitrogen and oxygen atoms in total. The Morgan fingerprint density at radius 3 is 2.52 bits per heavy atom. The molecule has 1 N–H and O–H groups in total. The highest BCUT2D eigenvalue weighted by Gasteiger charge is 2.27. The minimum absolute atomic E-state index is 0.111. The second-order valence-corrected chi connectivity index (χ2v) is 7.48. The number of methoxy groups -OCH3 is 2. The summed E-state index contributed by atoms with van der Waals surface area (Å²) < 4.78 is 10.6. The number of piperazine rings is 1. The molecule has 1 aromatic heterocycles. The maximum atomic E-state index is 13.0. The second-order valence-electron chi connectivity index (χ2n) is 7.48. The van der Waals surface area contributed by atoms with Crippen molar-refractivity contribution in [2.45, 2.75) is 20.3 Å². The Hall–Kier alpha value is -3.03. The van der Waals surface area contributed by atoms with E-state index in [2.05, 4.69) is 14.9 Å².